The summed E-state index contributed by atoms with van der Waals surface area (Å²) in [6, 6.07) is 9.53. The number of nitrogen functional groups attached to an aromatic ring is 1. The zero-order chi connectivity index (χ0) is 15.6. The fourth-order valence-corrected chi connectivity index (χ4v) is 2.74. The molecule has 0 amide bonds. The maximum atomic E-state index is 12.0. The molecule has 0 atom stereocenters. The fraction of sp³-hybridized carbons (Fsp3) is 0.143. The Kier molecular flexibility index (Phi) is 4.41. The third kappa shape index (κ3) is 3.47. The highest BCUT2D eigenvalue weighted by Gasteiger charge is 2.19. The number of nitrogens with two attached hydrogens (primary N) is 1. The molecule has 0 saturated heterocycles. The van der Waals surface area contributed by atoms with Gasteiger partial charge in [0, 0.05) is 10.7 Å². The van der Waals surface area contributed by atoms with Crippen LogP contribution in [0.15, 0.2) is 41.3 Å². The van der Waals surface area contributed by atoms with Gasteiger partial charge in [-0.25, -0.2) is 13.1 Å². The molecule has 21 heavy (non-hydrogen) atoms. The van der Waals surface area contributed by atoms with E-state index in [0.29, 0.717) is 16.5 Å². The molecule has 0 aliphatic heterocycles. The minimum atomic E-state index is -3.67. The lowest BCUT2D eigenvalue weighted by atomic mass is 10.2. The summed E-state index contributed by atoms with van der Waals surface area (Å²) in [5.74, 6) is 0.689. The third-order valence-corrected chi connectivity index (χ3v) is 4.74. The van der Waals surface area contributed by atoms with E-state index in [1.807, 2.05) is 6.92 Å². The minimum absolute atomic E-state index is 0.0161. The number of halogens is 1. The first kappa shape index (κ1) is 15.6. The molecular formula is C14H15ClN2O3S. The molecule has 0 heterocycles. The number of benzene rings is 2. The van der Waals surface area contributed by atoms with Crippen molar-refractivity contribution in [3.8, 4) is 11.5 Å². The lowest BCUT2D eigenvalue weighted by molar-refractivity contribution is 0.467. The van der Waals surface area contributed by atoms with Crippen molar-refractivity contribution in [2.75, 3.05) is 12.8 Å². The van der Waals surface area contributed by atoms with Crippen molar-refractivity contribution < 1.29 is 13.2 Å². The van der Waals surface area contributed by atoms with Gasteiger partial charge in [-0.1, -0.05) is 11.6 Å². The van der Waals surface area contributed by atoms with Gasteiger partial charge in [0.1, 0.15) is 16.4 Å². The summed E-state index contributed by atoms with van der Waals surface area (Å²) < 4.78 is 31.9. The van der Waals surface area contributed by atoms with Crippen LogP contribution in [0, 0.1) is 6.92 Å². The normalized spacial score (nSPS) is 11.4. The van der Waals surface area contributed by atoms with E-state index in [4.69, 9.17) is 22.1 Å². The standard InChI is InChI=1S/C14H15ClN2O3S/c1-9-7-11(4-5-12(9)15)20-13-6-3-10(16)8-14(13)21(18,19)17-2/h3-8,17H,16H2,1-2H3. The summed E-state index contributed by atoms with van der Waals surface area (Å²) in [5, 5.41) is 0.614. The van der Waals surface area contributed by atoms with Gasteiger partial charge in [-0.3, -0.25) is 0 Å². The van der Waals surface area contributed by atoms with Crippen LogP contribution in [0.5, 0.6) is 11.5 Å². The van der Waals surface area contributed by atoms with E-state index >= 15 is 0 Å². The van der Waals surface area contributed by atoms with Gasteiger partial charge < -0.3 is 10.5 Å². The van der Waals surface area contributed by atoms with Gasteiger partial charge >= 0.3 is 0 Å². The van der Waals surface area contributed by atoms with Gasteiger partial charge in [0.2, 0.25) is 10.0 Å². The second kappa shape index (κ2) is 5.93. The molecule has 0 aromatic heterocycles. The minimum Gasteiger partial charge on any atom is -0.456 e. The number of ether oxygens (including phenoxy) is 1. The van der Waals surface area contributed by atoms with Crippen LogP contribution in [0.1, 0.15) is 5.56 Å². The zero-order valence-corrected chi connectivity index (χ0v) is 13.1. The summed E-state index contributed by atoms with van der Waals surface area (Å²) >= 11 is 5.95. The first-order valence-electron chi connectivity index (χ1n) is 6.10. The third-order valence-electron chi connectivity index (χ3n) is 2.88. The average Bonchev–Trinajstić information content (AvgIpc) is 2.44. The van der Waals surface area contributed by atoms with Crippen LogP contribution in [0.25, 0.3) is 0 Å². The van der Waals surface area contributed by atoms with Crippen LogP contribution < -0.4 is 15.2 Å². The number of rotatable bonds is 4. The number of hydrogen-bond acceptors (Lipinski definition) is 4. The predicted molar refractivity (Wildman–Crippen MR) is 83.4 cm³/mol. The Balaban J connectivity index is 2.47. The number of nitrogens with one attached hydrogen (secondary N) is 1. The van der Waals surface area contributed by atoms with Crippen LogP contribution in [-0.4, -0.2) is 15.5 Å². The van der Waals surface area contributed by atoms with Gasteiger partial charge in [0.25, 0.3) is 0 Å². The highest BCUT2D eigenvalue weighted by atomic mass is 35.5. The monoisotopic (exact) mass is 326 g/mol. The van der Waals surface area contributed by atoms with Crippen LogP contribution in [0.4, 0.5) is 5.69 Å². The SMILES string of the molecule is CNS(=O)(=O)c1cc(N)ccc1Oc1ccc(Cl)c(C)c1. The second-order valence-electron chi connectivity index (χ2n) is 4.43. The van der Waals surface area contributed by atoms with Crippen molar-refractivity contribution in [3.63, 3.8) is 0 Å². The Morgan fingerprint density at radius 3 is 2.52 bits per heavy atom. The maximum Gasteiger partial charge on any atom is 0.244 e. The van der Waals surface area contributed by atoms with Crippen molar-refractivity contribution in [1.29, 1.82) is 0 Å². The predicted octanol–water partition coefficient (Wildman–Crippen LogP) is 2.93. The summed E-state index contributed by atoms with van der Waals surface area (Å²) in [5.41, 5.74) is 6.82. The average molecular weight is 327 g/mol. The van der Waals surface area contributed by atoms with Crippen LogP contribution in [0.2, 0.25) is 5.02 Å². The molecule has 2 aromatic rings. The largest absolute Gasteiger partial charge is 0.456 e. The molecule has 0 spiro atoms. The van der Waals surface area contributed by atoms with Crippen molar-refractivity contribution in [3.05, 3.63) is 47.0 Å². The Hall–Kier alpha value is -1.76. The Morgan fingerprint density at radius 2 is 1.90 bits per heavy atom. The number of aryl methyl sites for hydroxylation is 1. The number of hydrogen-bond donors (Lipinski definition) is 2. The molecule has 5 nitrogen and oxygen atoms in total. The zero-order valence-electron chi connectivity index (χ0n) is 11.6. The molecular weight excluding hydrogens is 312 g/mol. The van der Waals surface area contributed by atoms with E-state index in [9.17, 15) is 8.42 Å². The van der Waals surface area contributed by atoms with E-state index in [-0.39, 0.29) is 10.6 Å². The van der Waals surface area contributed by atoms with Crippen molar-refractivity contribution >= 4 is 27.3 Å². The lowest BCUT2D eigenvalue weighted by Gasteiger charge is -2.12. The maximum absolute atomic E-state index is 12.0. The van der Waals surface area contributed by atoms with E-state index < -0.39 is 10.0 Å². The van der Waals surface area contributed by atoms with Gasteiger partial charge in [-0.2, -0.15) is 0 Å². The molecule has 0 unspecified atom stereocenters. The Morgan fingerprint density at radius 1 is 1.19 bits per heavy atom. The Bertz CT molecular complexity index is 776. The molecule has 3 N–H and O–H groups in total. The molecule has 0 aliphatic carbocycles. The van der Waals surface area contributed by atoms with E-state index in [2.05, 4.69) is 4.72 Å². The molecule has 0 fully saturated rings. The molecule has 0 aliphatic rings. The van der Waals surface area contributed by atoms with E-state index in [0.717, 1.165) is 5.56 Å². The quantitative estimate of drug-likeness (QED) is 0.846. The lowest BCUT2D eigenvalue weighted by Crippen LogP contribution is -2.19. The van der Waals surface area contributed by atoms with Gasteiger partial charge in [0.05, 0.1) is 0 Å². The Labute approximate surface area is 128 Å². The van der Waals surface area contributed by atoms with E-state index in [1.165, 1.54) is 19.2 Å². The number of anilines is 1. The molecule has 7 heteroatoms. The van der Waals surface area contributed by atoms with Crippen molar-refractivity contribution in [1.82, 2.24) is 4.72 Å². The molecule has 112 valence electrons. The molecule has 0 bridgehead atoms. The first-order chi connectivity index (χ1) is 9.83. The smallest absolute Gasteiger partial charge is 0.244 e. The highest BCUT2D eigenvalue weighted by Crippen LogP contribution is 2.31. The van der Waals surface area contributed by atoms with E-state index in [1.54, 1.807) is 24.3 Å². The number of sulfonamides is 1. The van der Waals surface area contributed by atoms with Crippen molar-refractivity contribution in [2.24, 2.45) is 0 Å². The summed E-state index contributed by atoms with van der Waals surface area (Å²) in [4.78, 5) is -0.0161. The fourth-order valence-electron chi connectivity index (χ4n) is 1.74. The van der Waals surface area contributed by atoms with Gasteiger partial charge in [-0.15, -0.1) is 0 Å². The van der Waals surface area contributed by atoms with Crippen molar-refractivity contribution in [2.45, 2.75) is 11.8 Å². The van der Waals surface area contributed by atoms with Gasteiger partial charge in [0.15, 0.2) is 0 Å². The molecule has 0 radical (unpaired) electrons. The van der Waals surface area contributed by atoms with Crippen LogP contribution in [-0.2, 0) is 10.0 Å². The molecule has 0 saturated carbocycles. The molecule has 2 rings (SSSR count). The first-order valence-corrected chi connectivity index (χ1v) is 7.96. The summed E-state index contributed by atoms with van der Waals surface area (Å²) in [7, 11) is -2.34. The topological polar surface area (TPSA) is 81.4 Å². The highest BCUT2D eigenvalue weighted by molar-refractivity contribution is 7.89. The van der Waals surface area contributed by atoms with Crippen LogP contribution in [0.3, 0.4) is 0 Å². The summed E-state index contributed by atoms with van der Waals surface area (Å²) in [6.07, 6.45) is 0. The second-order valence-corrected chi connectivity index (χ2v) is 6.69. The van der Waals surface area contributed by atoms with Gasteiger partial charge in [-0.05, 0) is 55.9 Å². The van der Waals surface area contributed by atoms with Crippen LogP contribution >= 0.6 is 11.6 Å². The molecule has 2 aromatic carbocycles. The summed E-state index contributed by atoms with van der Waals surface area (Å²) in [6.45, 7) is 1.84.